The van der Waals surface area contributed by atoms with Gasteiger partial charge in [0.25, 0.3) is 0 Å². The molecule has 1 N–H and O–H groups in total. The number of H-pyrrole nitrogens is 1. The summed E-state index contributed by atoms with van der Waals surface area (Å²) in [5.74, 6) is 0. The summed E-state index contributed by atoms with van der Waals surface area (Å²) in [6.07, 6.45) is 0. The first kappa shape index (κ1) is 7.16. The number of benzene rings is 1. The summed E-state index contributed by atoms with van der Waals surface area (Å²) in [5.41, 5.74) is 1.25. The van der Waals surface area contributed by atoms with Crippen molar-refractivity contribution in [2.45, 2.75) is 6.92 Å². The Morgan fingerprint density at radius 1 is 1.18 bits per heavy atom. The van der Waals surface area contributed by atoms with E-state index in [-0.39, 0.29) is 0 Å². The van der Waals surface area contributed by atoms with E-state index in [0.29, 0.717) is 0 Å². The summed E-state index contributed by atoms with van der Waals surface area (Å²) in [6.45, 7) is 2.10. The van der Waals surface area contributed by atoms with E-state index in [2.05, 4.69) is 58.8 Å². The Labute approximate surface area is 78.9 Å². The van der Waals surface area contributed by atoms with Gasteiger partial charge in [0.2, 0.25) is 0 Å². The normalized spacial score (nSPS) is 10.7. The maximum absolute atomic E-state index is 3.30. The Balaban J connectivity index is 2.95. The van der Waals surface area contributed by atoms with Crippen LogP contribution in [0.4, 0.5) is 0 Å². The summed E-state index contributed by atoms with van der Waals surface area (Å²) in [7, 11) is 0. The van der Waals surface area contributed by atoms with Crippen LogP contribution in [0.5, 0.6) is 0 Å². The van der Waals surface area contributed by atoms with Gasteiger partial charge in [-0.3, -0.25) is 0 Å². The highest BCUT2D eigenvalue weighted by molar-refractivity contribution is 14.1. The summed E-state index contributed by atoms with van der Waals surface area (Å²) >= 11 is 2.32. The fourth-order valence-corrected chi connectivity index (χ4v) is 2.18. The van der Waals surface area contributed by atoms with E-state index in [4.69, 9.17) is 0 Å². The predicted molar refractivity (Wildman–Crippen MR) is 55.8 cm³/mol. The van der Waals surface area contributed by atoms with Crippen molar-refractivity contribution < 1.29 is 0 Å². The molecule has 1 nitrogen and oxygen atoms in total. The van der Waals surface area contributed by atoms with Crippen molar-refractivity contribution >= 4 is 33.4 Å². The third kappa shape index (κ3) is 1.05. The number of rotatable bonds is 0. The molecule has 0 saturated heterocycles. The molecule has 0 atom stereocenters. The van der Waals surface area contributed by atoms with E-state index in [1.54, 1.807) is 0 Å². The van der Waals surface area contributed by atoms with Gasteiger partial charge < -0.3 is 4.98 Å². The SMILES string of the molecule is Cc1[nH]c(I)c2ccccc12. The van der Waals surface area contributed by atoms with Crippen LogP contribution in [-0.4, -0.2) is 4.98 Å². The maximum atomic E-state index is 3.30. The number of aryl methyl sites for hydroxylation is 1. The molecule has 1 aromatic carbocycles. The minimum absolute atomic E-state index is 1.23. The van der Waals surface area contributed by atoms with Crippen LogP contribution in [0.2, 0.25) is 0 Å². The number of aromatic nitrogens is 1. The van der Waals surface area contributed by atoms with Gasteiger partial charge in [-0.25, -0.2) is 0 Å². The van der Waals surface area contributed by atoms with Crippen LogP contribution in [0.25, 0.3) is 10.8 Å². The van der Waals surface area contributed by atoms with Crippen molar-refractivity contribution in [3.63, 3.8) is 0 Å². The first-order valence-electron chi connectivity index (χ1n) is 3.52. The largest absolute Gasteiger partial charge is 0.353 e. The van der Waals surface area contributed by atoms with Crippen LogP contribution >= 0.6 is 22.6 Å². The lowest BCUT2D eigenvalue weighted by Gasteiger charge is -1.87. The van der Waals surface area contributed by atoms with Crippen molar-refractivity contribution in [2.75, 3.05) is 0 Å². The van der Waals surface area contributed by atoms with Crippen molar-refractivity contribution in [1.82, 2.24) is 4.98 Å². The molecule has 2 heteroatoms. The second-order valence-electron chi connectivity index (χ2n) is 2.61. The van der Waals surface area contributed by atoms with Gasteiger partial charge in [0.05, 0.1) is 3.70 Å². The standard InChI is InChI=1S/C9H8IN/c1-6-7-4-2-3-5-8(7)9(10)11-6/h2-5,11H,1H3. The number of hydrogen-bond donors (Lipinski definition) is 1. The van der Waals surface area contributed by atoms with Crippen LogP contribution in [0.1, 0.15) is 5.69 Å². The molecule has 0 radical (unpaired) electrons. The smallest absolute Gasteiger partial charge is 0.0853 e. The second kappa shape index (κ2) is 2.52. The molecule has 1 aromatic heterocycles. The molecular formula is C9H8IN. The topological polar surface area (TPSA) is 15.8 Å². The summed E-state index contributed by atoms with van der Waals surface area (Å²) < 4.78 is 1.23. The molecule has 0 unspecified atom stereocenters. The zero-order valence-corrected chi connectivity index (χ0v) is 8.34. The van der Waals surface area contributed by atoms with E-state index < -0.39 is 0 Å². The molecule has 0 aliphatic rings. The number of halogens is 1. The quantitative estimate of drug-likeness (QED) is 0.698. The Hall–Kier alpha value is -0.510. The molecule has 0 bridgehead atoms. The van der Waals surface area contributed by atoms with Crippen molar-refractivity contribution in [3.8, 4) is 0 Å². The third-order valence-corrected chi connectivity index (χ3v) is 2.72. The van der Waals surface area contributed by atoms with Crippen LogP contribution in [0, 0.1) is 10.6 Å². The van der Waals surface area contributed by atoms with Crippen LogP contribution in [0.3, 0.4) is 0 Å². The van der Waals surface area contributed by atoms with E-state index >= 15 is 0 Å². The van der Waals surface area contributed by atoms with E-state index in [1.807, 2.05) is 0 Å². The predicted octanol–water partition coefficient (Wildman–Crippen LogP) is 3.08. The summed E-state index contributed by atoms with van der Waals surface area (Å²) in [5, 5.41) is 2.66. The molecule has 56 valence electrons. The first-order chi connectivity index (χ1) is 5.29. The minimum atomic E-state index is 1.23. The molecule has 2 aromatic rings. The average molecular weight is 257 g/mol. The van der Waals surface area contributed by atoms with E-state index in [9.17, 15) is 0 Å². The molecule has 0 saturated carbocycles. The lowest BCUT2D eigenvalue weighted by atomic mass is 10.2. The molecule has 11 heavy (non-hydrogen) atoms. The molecule has 0 fully saturated rings. The monoisotopic (exact) mass is 257 g/mol. The zero-order valence-electron chi connectivity index (χ0n) is 6.19. The summed E-state index contributed by atoms with van der Waals surface area (Å²) in [4.78, 5) is 3.30. The van der Waals surface area contributed by atoms with Crippen molar-refractivity contribution in [3.05, 3.63) is 33.7 Å². The zero-order chi connectivity index (χ0) is 7.84. The van der Waals surface area contributed by atoms with E-state index in [1.165, 1.54) is 20.2 Å². The van der Waals surface area contributed by atoms with Gasteiger partial charge >= 0.3 is 0 Å². The Morgan fingerprint density at radius 3 is 2.45 bits per heavy atom. The number of aromatic amines is 1. The molecule has 0 spiro atoms. The third-order valence-electron chi connectivity index (χ3n) is 1.86. The lowest BCUT2D eigenvalue weighted by molar-refractivity contribution is 1.25. The second-order valence-corrected chi connectivity index (χ2v) is 3.69. The molecular weight excluding hydrogens is 249 g/mol. The van der Waals surface area contributed by atoms with Gasteiger partial charge in [-0.05, 0) is 29.5 Å². The van der Waals surface area contributed by atoms with Crippen LogP contribution < -0.4 is 0 Å². The van der Waals surface area contributed by atoms with Gasteiger partial charge in [-0.1, -0.05) is 24.3 Å². The Bertz CT molecular complexity index is 353. The fourth-order valence-electron chi connectivity index (χ4n) is 1.30. The molecule has 0 aliphatic heterocycles. The highest BCUT2D eigenvalue weighted by atomic mass is 127. The summed E-state index contributed by atoms with van der Waals surface area (Å²) in [6, 6.07) is 8.42. The van der Waals surface area contributed by atoms with Crippen LogP contribution in [0.15, 0.2) is 24.3 Å². The number of hydrogen-bond acceptors (Lipinski definition) is 0. The van der Waals surface area contributed by atoms with Crippen LogP contribution in [-0.2, 0) is 0 Å². The fraction of sp³-hybridized carbons (Fsp3) is 0.111. The first-order valence-corrected chi connectivity index (χ1v) is 4.60. The van der Waals surface area contributed by atoms with Gasteiger partial charge in [-0.15, -0.1) is 0 Å². The molecule has 1 heterocycles. The van der Waals surface area contributed by atoms with Gasteiger partial charge in [-0.2, -0.15) is 0 Å². The highest BCUT2D eigenvalue weighted by Crippen LogP contribution is 2.22. The Kier molecular flexibility index (Phi) is 1.64. The van der Waals surface area contributed by atoms with Gasteiger partial charge in [0, 0.05) is 16.5 Å². The maximum Gasteiger partial charge on any atom is 0.0853 e. The average Bonchev–Trinajstić information content (AvgIpc) is 2.30. The van der Waals surface area contributed by atoms with Gasteiger partial charge in [0.1, 0.15) is 0 Å². The molecule has 2 rings (SSSR count). The number of nitrogens with one attached hydrogen (secondary N) is 1. The van der Waals surface area contributed by atoms with E-state index in [0.717, 1.165) is 0 Å². The minimum Gasteiger partial charge on any atom is -0.353 e. The Morgan fingerprint density at radius 2 is 1.82 bits per heavy atom. The highest BCUT2D eigenvalue weighted by Gasteiger charge is 2.01. The molecule has 0 amide bonds. The molecule has 0 aliphatic carbocycles. The van der Waals surface area contributed by atoms with Gasteiger partial charge in [0.15, 0.2) is 0 Å². The number of fused-ring (bicyclic) bond motifs is 1. The van der Waals surface area contributed by atoms with Crippen molar-refractivity contribution in [2.24, 2.45) is 0 Å². The lowest BCUT2D eigenvalue weighted by Crippen LogP contribution is -1.68. The van der Waals surface area contributed by atoms with Crippen molar-refractivity contribution in [1.29, 1.82) is 0 Å².